The van der Waals surface area contributed by atoms with Crippen molar-refractivity contribution in [2.75, 3.05) is 13.6 Å². The molecule has 25 heavy (non-hydrogen) atoms. The number of likely N-dealkylation sites (N-methyl/N-ethyl adjacent to an activating group) is 1. The molecule has 2 fully saturated rings. The van der Waals surface area contributed by atoms with Crippen molar-refractivity contribution < 1.29 is 18.8 Å². The summed E-state index contributed by atoms with van der Waals surface area (Å²) >= 11 is 0. The van der Waals surface area contributed by atoms with Crippen molar-refractivity contribution in [2.45, 2.75) is 65.0 Å². The van der Waals surface area contributed by atoms with E-state index in [4.69, 9.17) is 14.0 Å². The number of likely N-dealkylation sites (tertiary alicyclic amines) is 1. The maximum absolute atomic E-state index is 11.6. The third-order valence-electron chi connectivity index (χ3n) is 5.67. The summed E-state index contributed by atoms with van der Waals surface area (Å²) in [7, 11) is 1.47. The van der Waals surface area contributed by atoms with Crippen LogP contribution in [0.1, 0.15) is 45.2 Å². The number of nitrogens with zero attached hydrogens (tertiary/aromatic N) is 1. The van der Waals surface area contributed by atoms with Crippen LogP contribution in [-0.2, 0) is 25.4 Å². The molecule has 0 N–H and O–H groups in total. The zero-order chi connectivity index (χ0) is 18.4. The smallest absolute Gasteiger partial charge is 0.399 e. The Labute approximate surface area is 150 Å². The second-order valence-electron chi connectivity index (χ2n) is 8.19. The number of rotatable bonds is 4. The van der Waals surface area contributed by atoms with E-state index >= 15 is 0 Å². The van der Waals surface area contributed by atoms with Gasteiger partial charge >= 0.3 is 7.12 Å². The fourth-order valence-electron chi connectivity index (χ4n) is 3.15. The minimum absolute atomic E-state index is 0.0142. The predicted octanol–water partition coefficient (Wildman–Crippen LogP) is 2.04. The molecule has 1 aromatic rings. The van der Waals surface area contributed by atoms with E-state index in [9.17, 15) is 4.79 Å². The number of hydrogen-bond donors (Lipinski definition) is 0. The van der Waals surface area contributed by atoms with Crippen LogP contribution in [0.5, 0.6) is 0 Å². The van der Waals surface area contributed by atoms with Gasteiger partial charge in [-0.15, -0.1) is 0 Å². The molecule has 0 aliphatic carbocycles. The molecule has 2 heterocycles. The van der Waals surface area contributed by atoms with Crippen molar-refractivity contribution in [3.8, 4) is 0 Å². The molecular formula is C19H28BNO4. The molecule has 2 saturated heterocycles. The Morgan fingerprint density at radius 2 is 1.88 bits per heavy atom. The first-order valence-electron chi connectivity index (χ1n) is 8.90. The van der Waals surface area contributed by atoms with Gasteiger partial charge in [0.05, 0.1) is 30.3 Å². The van der Waals surface area contributed by atoms with E-state index in [0.717, 1.165) is 16.6 Å². The van der Waals surface area contributed by atoms with Gasteiger partial charge in [0.2, 0.25) is 5.91 Å². The largest absolute Gasteiger partial charge is 0.494 e. The minimum Gasteiger partial charge on any atom is -0.399 e. The van der Waals surface area contributed by atoms with Crippen LogP contribution in [0.2, 0.25) is 0 Å². The molecule has 0 saturated carbocycles. The van der Waals surface area contributed by atoms with Crippen LogP contribution in [0, 0.1) is 6.92 Å². The van der Waals surface area contributed by atoms with Crippen molar-refractivity contribution in [3.05, 3.63) is 29.3 Å². The van der Waals surface area contributed by atoms with Crippen LogP contribution >= 0.6 is 0 Å². The first-order chi connectivity index (χ1) is 11.6. The molecule has 2 aliphatic rings. The average molecular weight is 345 g/mol. The Bertz CT molecular complexity index is 657. The molecular weight excluding hydrogens is 317 g/mol. The second kappa shape index (κ2) is 6.42. The molecule has 1 atom stereocenters. The summed E-state index contributed by atoms with van der Waals surface area (Å²) in [6.07, 6.45) is 0.460. The highest BCUT2D eigenvalue weighted by Gasteiger charge is 2.51. The zero-order valence-corrected chi connectivity index (χ0v) is 16.1. The van der Waals surface area contributed by atoms with E-state index in [1.165, 1.54) is 0 Å². The van der Waals surface area contributed by atoms with Crippen LogP contribution in [0.3, 0.4) is 0 Å². The van der Waals surface area contributed by atoms with Gasteiger partial charge in [0, 0.05) is 13.6 Å². The fraction of sp³-hybridized carbons (Fsp3) is 0.632. The third-order valence-corrected chi connectivity index (χ3v) is 5.67. The van der Waals surface area contributed by atoms with E-state index in [1.807, 2.05) is 13.1 Å². The summed E-state index contributed by atoms with van der Waals surface area (Å²) < 4.78 is 18.1. The molecule has 0 radical (unpaired) electrons. The minimum atomic E-state index is -0.347. The summed E-state index contributed by atoms with van der Waals surface area (Å²) in [6, 6.07) is 6.21. The van der Waals surface area contributed by atoms with Gasteiger partial charge in [0.15, 0.2) is 0 Å². The highest BCUT2D eigenvalue weighted by molar-refractivity contribution is 6.62. The molecule has 0 spiro atoms. The first-order valence-corrected chi connectivity index (χ1v) is 8.90. The van der Waals surface area contributed by atoms with E-state index < -0.39 is 0 Å². The lowest BCUT2D eigenvalue weighted by Crippen LogP contribution is -2.41. The maximum Gasteiger partial charge on any atom is 0.494 e. The summed E-state index contributed by atoms with van der Waals surface area (Å²) in [5, 5.41) is 0. The Balaban J connectivity index is 1.65. The van der Waals surface area contributed by atoms with Gasteiger partial charge in [-0.1, -0.05) is 18.2 Å². The SMILES string of the molecule is Cc1cc(B2OC(C)(C)C(C)(C)O2)ccc1COC1CC(=O)N(C)C1. The van der Waals surface area contributed by atoms with Gasteiger partial charge in [-0.3, -0.25) is 4.79 Å². The molecule has 0 aromatic heterocycles. The number of hydrogen-bond acceptors (Lipinski definition) is 4. The van der Waals surface area contributed by atoms with E-state index in [2.05, 4.69) is 46.8 Å². The standard InChI is InChI=1S/C19H28BNO4/c1-13-9-15(20-24-18(2,3)19(4,5)25-20)8-7-14(13)12-23-16-10-17(22)21(6)11-16/h7-9,16H,10-12H2,1-6H3. The summed E-state index contributed by atoms with van der Waals surface area (Å²) in [4.78, 5) is 13.3. The van der Waals surface area contributed by atoms with Gasteiger partial charge in [-0.25, -0.2) is 0 Å². The normalized spacial score (nSPS) is 25.0. The summed E-state index contributed by atoms with van der Waals surface area (Å²) in [5.41, 5.74) is 2.62. The molecule has 0 bridgehead atoms. The van der Waals surface area contributed by atoms with Gasteiger partial charge in [0.25, 0.3) is 0 Å². The molecule has 1 unspecified atom stereocenters. The predicted molar refractivity (Wildman–Crippen MR) is 97.7 cm³/mol. The molecule has 136 valence electrons. The van der Waals surface area contributed by atoms with Crippen molar-refractivity contribution >= 4 is 18.5 Å². The second-order valence-corrected chi connectivity index (χ2v) is 8.19. The molecule has 5 nitrogen and oxygen atoms in total. The average Bonchev–Trinajstić information content (AvgIpc) is 2.93. The Morgan fingerprint density at radius 3 is 2.40 bits per heavy atom. The summed E-state index contributed by atoms with van der Waals surface area (Å²) in [6.45, 7) is 11.5. The lowest BCUT2D eigenvalue weighted by molar-refractivity contribution is -0.126. The van der Waals surface area contributed by atoms with E-state index in [0.29, 0.717) is 19.6 Å². The molecule has 1 amide bonds. The monoisotopic (exact) mass is 345 g/mol. The molecule has 6 heteroatoms. The van der Waals surface area contributed by atoms with Crippen molar-refractivity contribution in [3.63, 3.8) is 0 Å². The van der Waals surface area contributed by atoms with Crippen LogP contribution < -0.4 is 5.46 Å². The number of amides is 1. The number of ether oxygens (including phenoxy) is 1. The lowest BCUT2D eigenvalue weighted by atomic mass is 9.78. The van der Waals surface area contributed by atoms with Crippen LogP contribution in [0.25, 0.3) is 0 Å². The Hall–Kier alpha value is -1.37. The van der Waals surface area contributed by atoms with Crippen molar-refractivity contribution in [2.24, 2.45) is 0 Å². The van der Waals surface area contributed by atoms with Gasteiger partial charge < -0.3 is 18.9 Å². The number of aryl methyl sites for hydroxylation is 1. The van der Waals surface area contributed by atoms with Crippen LogP contribution in [0.4, 0.5) is 0 Å². The van der Waals surface area contributed by atoms with Gasteiger partial charge in [0.1, 0.15) is 0 Å². The first kappa shape index (κ1) is 18.4. The number of carbonyl (C=O) groups is 1. The summed E-state index contributed by atoms with van der Waals surface area (Å²) in [5.74, 6) is 0.151. The maximum atomic E-state index is 11.6. The zero-order valence-electron chi connectivity index (χ0n) is 16.1. The lowest BCUT2D eigenvalue weighted by Gasteiger charge is -2.32. The molecule has 1 aromatic carbocycles. The van der Waals surface area contributed by atoms with E-state index in [-0.39, 0.29) is 30.3 Å². The fourth-order valence-corrected chi connectivity index (χ4v) is 3.15. The molecule has 3 rings (SSSR count). The van der Waals surface area contributed by atoms with Crippen molar-refractivity contribution in [1.29, 1.82) is 0 Å². The van der Waals surface area contributed by atoms with E-state index in [1.54, 1.807) is 4.90 Å². The van der Waals surface area contributed by atoms with Gasteiger partial charge in [-0.2, -0.15) is 0 Å². The molecule has 2 aliphatic heterocycles. The topological polar surface area (TPSA) is 48.0 Å². The van der Waals surface area contributed by atoms with Crippen molar-refractivity contribution in [1.82, 2.24) is 4.90 Å². The van der Waals surface area contributed by atoms with Gasteiger partial charge in [-0.05, 0) is 51.2 Å². The van der Waals surface area contributed by atoms with Crippen LogP contribution in [-0.4, -0.2) is 48.8 Å². The number of carbonyl (C=O) groups excluding carboxylic acids is 1. The quantitative estimate of drug-likeness (QED) is 0.784. The Morgan fingerprint density at radius 1 is 1.24 bits per heavy atom. The highest BCUT2D eigenvalue weighted by Crippen LogP contribution is 2.36. The Kier molecular flexibility index (Phi) is 4.73. The number of benzene rings is 1. The van der Waals surface area contributed by atoms with Crippen LogP contribution in [0.15, 0.2) is 18.2 Å². The third kappa shape index (κ3) is 3.61. The highest BCUT2D eigenvalue weighted by atomic mass is 16.7.